The zero-order chi connectivity index (χ0) is 15.1. The number of methoxy groups -OCH3 is 1. The Kier molecular flexibility index (Phi) is 7.49. The fraction of sp³-hybridized carbons (Fsp3) is 1.00. The van der Waals surface area contributed by atoms with Crippen molar-refractivity contribution in [3.63, 3.8) is 0 Å². The van der Waals surface area contributed by atoms with Crippen LogP contribution in [0.5, 0.6) is 0 Å². The van der Waals surface area contributed by atoms with Crippen LogP contribution in [0.2, 0.25) is 0 Å². The lowest BCUT2D eigenvalue weighted by Gasteiger charge is -2.43. The average Bonchev–Trinajstić information content (AvgIpc) is 2.39. The van der Waals surface area contributed by atoms with Crippen molar-refractivity contribution in [3.8, 4) is 0 Å². The van der Waals surface area contributed by atoms with Gasteiger partial charge in [0.25, 0.3) is 0 Å². The summed E-state index contributed by atoms with van der Waals surface area (Å²) in [6.07, 6.45) is 6.23. The van der Waals surface area contributed by atoms with Crippen molar-refractivity contribution in [2.24, 2.45) is 5.41 Å². The Morgan fingerprint density at radius 3 is 2.65 bits per heavy atom. The van der Waals surface area contributed by atoms with Crippen molar-refractivity contribution >= 4 is 0 Å². The second-order valence-corrected chi connectivity index (χ2v) is 7.21. The Morgan fingerprint density at radius 2 is 2.05 bits per heavy atom. The molecule has 2 atom stereocenters. The molecule has 1 aliphatic heterocycles. The molecule has 1 heterocycles. The number of nitrogens with zero attached hydrogens (tertiary/aromatic N) is 1. The molecule has 0 aromatic carbocycles. The highest BCUT2D eigenvalue weighted by atomic mass is 16.5. The minimum absolute atomic E-state index is 0.0578. The molecule has 0 bridgehead atoms. The highest BCUT2D eigenvalue weighted by molar-refractivity contribution is 4.88. The van der Waals surface area contributed by atoms with Crippen LogP contribution in [0.4, 0.5) is 0 Å². The number of rotatable bonds is 9. The van der Waals surface area contributed by atoms with Crippen molar-refractivity contribution < 1.29 is 4.74 Å². The third-order valence-electron chi connectivity index (χ3n) is 4.67. The Morgan fingerprint density at radius 1 is 1.30 bits per heavy atom. The van der Waals surface area contributed by atoms with E-state index in [4.69, 9.17) is 4.74 Å². The van der Waals surface area contributed by atoms with Crippen LogP contribution in [-0.4, -0.2) is 50.3 Å². The molecule has 2 unspecified atom stereocenters. The van der Waals surface area contributed by atoms with Crippen LogP contribution in [-0.2, 0) is 4.74 Å². The number of nitrogens with one attached hydrogen (secondary N) is 1. The lowest BCUT2D eigenvalue weighted by molar-refractivity contribution is -0.0588. The van der Waals surface area contributed by atoms with Gasteiger partial charge in [0.15, 0.2) is 0 Å². The van der Waals surface area contributed by atoms with E-state index in [-0.39, 0.29) is 5.60 Å². The van der Waals surface area contributed by atoms with Gasteiger partial charge in [-0.3, -0.25) is 4.90 Å². The first-order valence-corrected chi connectivity index (χ1v) is 8.45. The first-order chi connectivity index (χ1) is 9.47. The number of ether oxygens (including phenoxy) is 1. The monoisotopic (exact) mass is 284 g/mol. The lowest BCUT2D eigenvalue weighted by Crippen LogP contribution is -2.51. The largest absolute Gasteiger partial charge is 0.377 e. The molecule has 0 aromatic rings. The predicted molar refractivity (Wildman–Crippen MR) is 87.3 cm³/mol. The predicted octanol–water partition coefficient (Wildman–Crippen LogP) is 3.29. The normalized spacial score (nSPS) is 27.4. The van der Waals surface area contributed by atoms with Crippen LogP contribution < -0.4 is 5.32 Å². The van der Waals surface area contributed by atoms with Gasteiger partial charge in [-0.25, -0.2) is 0 Å². The van der Waals surface area contributed by atoms with Crippen molar-refractivity contribution in [2.75, 3.05) is 39.8 Å². The van der Waals surface area contributed by atoms with Crippen LogP contribution in [0, 0.1) is 5.41 Å². The van der Waals surface area contributed by atoms with E-state index in [1.807, 2.05) is 7.11 Å². The fourth-order valence-electron chi connectivity index (χ4n) is 3.54. The van der Waals surface area contributed by atoms with Crippen LogP contribution in [0.1, 0.15) is 59.8 Å². The first kappa shape index (κ1) is 17.9. The number of hydrogen-bond acceptors (Lipinski definition) is 3. The van der Waals surface area contributed by atoms with E-state index in [1.165, 1.54) is 45.2 Å². The molecule has 20 heavy (non-hydrogen) atoms. The van der Waals surface area contributed by atoms with Gasteiger partial charge in [0.05, 0.1) is 5.60 Å². The van der Waals surface area contributed by atoms with Gasteiger partial charge in [-0.2, -0.15) is 0 Å². The Balaban J connectivity index is 2.55. The molecular weight excluding hydrogens is 248 g/mol. The maximum absolute atomic E-state index is 5.72. The minimum atomic E-state index is 0.0578. The Hall–Kier alpha value is -0.120. The van der Waals surface area contributed by atoms with E-state index in [0.29, 0.717) is 5.41 Å². The molecule has 1 saturated heterocycles. The minimum Gasteiger partial charge on any atom is -0.377 e. The molecule has 3 nitrogen and oxygen atoms in total. The third kappa shape index (κ3) is 5.71. The number of piperidine rings is 1. The SMILES string of the molecule is CCCNCC(C)(CCC)CN1CCCC(C)(OC)C1. The zero-order valence-corrected chi connectivity index (χ0v) is 14.4. The summed E-state index contributed by atoms with van der Waals surface area (Å²) in [5.74, 6) is 0. The summed E-state index contributed by atoms with van der Waals surface area (Å²) in [5, 5.41) is 3.63. The second-order valence-electron chi connectivity index (χ2n) is 7.21. The number of likely N-dealkylation sites (tertiary alicyclic amines) is 1. The van der Waals surface area contributed by atoms with Crippen LogP contribution in [0.15, 0.2) is 0 Å². The third-order valence-corrected chi connectivity index (χ3v) is 4.67. The summed E-state index contributed by atoms with van der Waals surface area (Å²) >= 11 is 0. The molecule has 120 valence electrons. The summed E-state index contributed by atoms with van der Waals surface area (Å²) in [5.41, 5.74) is 0.443. The van der Waals surface area contributed by atoms with Crippen molar-refractivity contribution in [2.45, 2.75) is 65.4 Å². The molecule has 0 saturated carbocycles. The maximum atomic E-state index is 5.72. The molecule has 0 radical (unpaired) electrons. The average molecular weight is 284 g/mol. The molecule has 1 fully saturated rings. The van der Waals surface area contributed by atoms with Gasteiger partial charge in [-0.05, 0) is 51.1 Å². The quantitative estimate of drug-likeness (QED) is 0.658. The van der Waals surface area contributed by atoms with Gasteiger partial charge in [-0.1, -0.05) is 27.2 Å². The first-order valence-electron chi connectivity index (χ1n) is 8.45. The summed E-state index contributed by atoms with van der Waals surface area (Å²) in [6, 6.07) is 0. The van der Waals surface area contributed by atoms with E-state index in [0.717, 1.165) is 19.6 Å². The van der Waals surface area contributed by atoms with Crippen molar-refractivity contribution in [1.82, 2.24) is 10.2 Å². The standard InChI is InChI=1S/C17H36N2O/c1-6-9-16(3,13-18-11-7-2)14-19-12-8-10-17(4,15-19)20-5/h18H,6-15H2,1-5H3. The molecule has 0 amide bonds. The van der Waals surface area contributed by atoms with Crippen LogP contribution in [0.3, 0.4) is 0 Å². The smallest absolute Gasteiger partial charge is 0.0777 e. The second kappa shape index (κ2) is 8.35. The number of hydrogen-bond donors (Lipinski definition) is 1. The van der Waals surface area contributed by atoms with Gasteiger partial charge in [0.2, 0.25) is 0 Å². The van der Waals surface area contributed by atoms with E-state index in [9.17, 15) is 0 Å². The molecule has 1 N–H and O–H groups in total. The topological polar surface area (TPSA) is 24.5 Å². The van der Waals surface area contributed by atoms with Gasteiger partial charge < -0.3 is 10.1 Å². The van der Waals surface area contributed by atoms with Gasteiger partial charge in [0, 0.05) is 26.7 Å². The molecular formula is C17H36N2O. The van der Waals surface area contributed by atoms with Gasteiger partial charge in [-0.15, -0.1) is 0 Å². The molecule has 3 heteroatoms. The van der Waals surface area contributed by atoms with Crippen molar-refractivity contribution in [3.05, 3.63) is 0 Å². The van der Waals surface area contributed by atoms with E-state index in [2.05, 4.69) is 37.9 Å². The maximum Gasteiger partial charge on any atom is 0.0777 e. The lowest BCUT2D eigenvalue weighted by atomic mass is 9.83. The summed E-state index contributed by atoms with van der Waals surface area (Å²) in [6.45, 7) is 15.0. The van der Waals surface area contributed by atoms with E-state index < -0.39 is 0 Å². The summed E-state index contributed by atoms with van der Waals surface area (Å²) in [7, 11) is 1.86. The van der Waals surface area contributed by atoms with Crippen LogP contribution >= 0.6 is 0 Å². The highest BCUT2D eigenvalue weighted by Gasteiger charge is 2.34. The van der Waals surface area contributed by atoms with Gasteiger partial charge >= 0.3 is 0 Å². The van der Waals surface area contributed by atoms with Crippen LogP contribution in [0.25, 0.3) is 0 Å². The van der Waals surface area contributed by atoms with Gasteiger partial charge in [0.1, 0.15) is 0 Å². The Labute approximate surface area is 126 Å². The van der Waals surface area contributed by atoms with E-state index in [1.54, 1.807) is 0 Å². The molecule has 0 aliphatic carbocycles. The van der Waals surface area contributed by atoms with E-state index >= 15 is 0 Å². The summed E-state index contributed by atoms with van der Waals surface area (Å²) < 4.78 is 5.72. The molecule has 1 aliphatic rings. The van der Waals surface area contributed by atoms with Crippen molar-refractivity contribution in [1.29, 1.82) is 0 Å². The zero-order valence-electron chi connectivity index (χ0n) is 14.4. The summed E-state index contributed by atoms with van der Waals surface area (Å²) in [4.78, 5) is 2.62. The fourth-order valence-corrected chi connectivity index (χ4v) is 3.54. The Bertz CT molecular complexity index is 272. The molecule has 0 aromatic heterocycles. The highest BCUT2D eigenvalue weighted by Crippen LogP contribution is 2.29. The molecule has 0 spiro atoms. The molecule has 1 rings (SSSR count).